The highest BCUT2D eigenvalue weighted by molar-refractivity contribution is 5.87. The summed E-state index contributed by atoms with van der Waals surface area (Å²) in [7, 11) is 0. The van der Waals surface area contributed by atoms with Gasteiger partial charge in [-0.1, -0.05) is 0 Å². The Hall–Kier alpha value is -1.88. The van der Waals surface area contributed by atoms with Crippen molar-refractivity contribution in [1.29, 1.82) is 0 Å². The number of aliphatic hydroxyl groups is 3. The maximum Gasteiger partial charge on any atom is 0.351 e. The fourth-order valence-electron chi connectivity index (χ4n) is 1.99. The highest BCUT2D eigenvalue weighted by atomic mass is 19.1. The van der Waals surface area contributed by atoms with Gasteiger partial charge in [0.15, 0.2) is 17.9 Å². The van der Waals surface area contributed by atoms with Gasteiger partial charge >= 0.3 is 5.69 Å². The van der Waals surface area contributed by atoms with E-state index in [2.05, 4.69) is 4.98 Å². The van der Waals surface area contributed by atoms with Crippen LogP contribution in [0.1, 0.15) is 13.2 Å². The van der Waals surface area contributed by atoms with Crippen molar-refractivity contribution in [2.24, 2.45) is 0 Å². The molecule has 0 unspecified atom stereocenters. The van der Waals surface area contributed by atoms with Gasteiger partial charge in [-0.15, -0.1) is 0 Å². The summed E-state index contributed by atoms with van der Waals surface area (Å²) in [4.78, 5) is 26.0. The Balaban J connectivity index is 2.35. The van der Waals surface area contributed by atoms with Gasteiger partial charge in [0, 0.05) is 6.92 Å². The Morgan fingerprint density at radius 2 is 2.19 bits per heavy atom. The molecule has 4 N–H and O–H groups in total. The molecule has 1 aromatic rings. The monoisotopic (exact) mass is 303 g/mol. The molecule has 10 heteroatoms. The van der Waals surface area contributed by atoms with E-state index < -0.39 is 54.4 Å². The number of nitrogens with one attached hydrogen (secondary N) is 1. The van der Waals surface area contributed by atoms with Crippen molar-refractivity contribution in [2.75, 3.05) is 11.9 Å². The quantitative estimate of drug-likeness (QED) is 0.505. The maximum atomic E-state index is 13.8. The van der Waals surface area contributed by atoms with E-state index in [0.717, 1.165) is 6.92 Å². The standard InChI is InChI=1S/C11H14FN3O6/c1-4(17)13-9-5(12)2-15(11(20)14-9)10-8(19)7(18)6(3-16)21-10/h2,6-8,10,16,18-19H,3H2,1H3,(H,13,14,17,20)/t6-,7-,8-,10-/m1/s1. The molecule has 1 aliphatic heterocycles. The Morgan fingerprint density at radius 1 is 1.52 bits per heavy atom. The van der Waals surface area contributed by atoms with Gasteiger partial charge in [0.1, 0.15) is 18.3 Å². The van der Waals surface area contributed by atoms with Crippen molar-refractivity contribution >= 4 is 11.7 Å². The number of carbonyl (C=O) groups excluding carboxylic acids is 1. The average molecular weight is 303 g/mol. The molecule has 0 aliphatic carbocycles. The van der Waals surface area contributed by atoms with Crippen LogP contribution in [0.25, 0.3) is 0 Å². The minimum absolute atomic E-state index is 0.546. The van der Waals surface area contributed by atoms with Crippen LogP contribution in [0.15, 0.2) is 11.0 Å². The van der Waals surface area contributed by atoms with Crippen LogP contribution in [0, 0.1) is 5.82 Å². The third kappa shape index (κ3) is 2.93. The van der Waals surface area contributed by atoms with Crippen molar-refractivity contribution < 1.29 is 29.2 Å². The van der Waals surface area contributed by atoms with Gasteiger partial charge in [0.25, 0.3) is 0 Å². The van der Waals surface area contributed by atoms with Crippen molar-refractivity contribution in [3.63, 3.8) is 0 Å². The Morgan fingerprint density at radius 3 is 2.71 bits per heavy atom. The first-order chi connectivity index (χ1) is 9.85. The summed E-state index contributed by atoms with van der Waals surface area (Å²) in [5.74, 6) is -2.16. The van der Waals surface area contributed by atoms with Crippen LogP contribution in [0.2, 0.25) is 0 Å². The van der Waals surface area contributed by atoms with Gasteiger partial charge in [-0.2, -0.15) is 4.98 Å². The van der Waals surface area contributed by atoms with E-state index >= 15 is 0 Å². The van der Waals surface area contributed by atoms with E-state index in [1.54, 1.807) is 0 Å². The van der Waals surface area contributed by atoms with Crippen LogP contribution in [0.5, 0.6) is 0 Å². The van der Waals surface area contributed by atoms with Crippen LogP contribution in [0.4, 0.5) is 10.2 Å². The van der Waals surface area contributed by atoms with Crippen molar-refractivity contribution in [3.05, 3.63) is 22.5 Å². The first-order valence-corrected chi connectivity index (χ1v) is 6.04. The first kappa shape index (κ1) is 15.5. The molecule has 0 bridgehead atoms. The number of nitrogens with zero attached hydrogens (tertiary/aromatic N) is 2. The molecule has 4 atom stereocenters. The molecule has 0 aromatic carbocycles. The normalized spacial score (nSPS) is 28.6. The predicted molar refractivity (Wildman–Crippen MR) is 65.8 cm³/mol. The summed E-state index contributed by atoms with van der Waals surface area (Å²) < 4.78 is 19.5. The van der Waals surface area contributed by atoms with Gasteiger partial charge in [0.2, 0.25) is 5.91 Å². The topological polar surface area (TPSA) is 134 Å². The third-order valence-electron chi connectivity index (χ3n) is 2.99. The number of amides is 1. The Kier molecular flexibility index (Phi) is 4.32. The molecule has 1 aromatic heterocycles. The number of ether oxygens (including phenoxy) is 1. The highest BCUT2D eigenvalue weighted by Gasteiger charge is 2.44. The smallest absolute Gasteiger partial charge is 0.351 e. The molecule has 21 heavy (non-hydrogen) atoms. The molecular formula is C11H14FN3O6. The number of halogens is 1. The van der Waals surface area contributed by atoms with E-state index in [1.165, 1.54) is 0 Å². The van der Waals surface area contributed by atoms with Gasteiger partial charge in [-0.05, 0) is 0 Å². The number of hydrogen-bond donors (Lipinski definition) is 4. The molecule has 2 rings (SSSR count). The molecule has 9 nitrogen and oxygen atoms in total. The molecule has 116 valence electrons. The molecule has 0 radical (unpaired) electrons. The first-order valence-electron chi connectivity index (χ1n) is 6.04. The second-order valence-electron chi connectivity index (χ2n) is 4.54. The summed E-state index contributed by atoms with van der Waals surface area (Å²) in [5.41, 5.74) is -0.991. The van der Waals surface area contributed by atoms with Gasteiger partial charge in [-0.3, -0.25) is 9.36 Å². The fraction of sp³-hybridized carbons (Fsp3) is 0.545. The number of rotatable bonds is 3. The summed E-state index contributed by atoms with van der Waals surface area (Å²) in [5, 5.41) is 30.4. The zero-order valence-electron chi connectivity index (χ0n) is 10.9. The van der Waals surface area contributed by atoms with Gasteiger partial charge in [-0.25, -0.2) is 9.18 Å². The lowest BCUT2D eigenvalue weighted by Gasteiger charge is -2.17. The second-order valence-corrected chi connectivity index (χ2v) is 4.54. The van der Waals surface area contributed by atoms with E-state index in [4.69, 9.17) is 9.84 Å². The predicted octanol–water partition coefficient (Wildman–Crippen LogP) is -2.05. The molecule has 2 heterocycles. The largest absolute Gasteiger partial charge is 0.394 e. The van der Waals surface area contributed by atoms with Crippen molar-refractivity contribution in [3.8, 4) is 0 Å². The van der Waals surface area contributed by atoms with E-state index in [0.29, 0.717) is 10.8 Å². The number of hydrogen-bond acceptors (Lipinski definition) is 7. The van der Waals surface area contributed by atoms with E-state index in [1.807, 2.05) is 5.32 Å². The highest BCUT2D eigenvalue weighted by Crippen LogP contribution is 2.28. The molecule has 1 aliphatic rings. The SMILES string of the molecule is CC(=O)Nc1nc(=O)n([C@@H]2O[C@H](CO)[C@@H](O)[C@H]2O)cc1F. The Labute approximate surface area is 117 Å². The maximum absolute atomic E-state index is 13.8. The minimum atomic E-state index is -1.53. The molecule has 1 fully saturated rings. The second kappa shape index (κ2) is 5.85. The van der Waals surface area contributed by atoms with Crippen LogP contribution in [0.3, 0.4) is 0 Å². The van der Waals surface area contributed by atoms with Crippen LogP contribution in [-0.4, -0.2) is 55.7 Å². The average Bonchev–Trinajstić information content (AvgIpc) is 2.69. The van der Waals surface area contributed by atoms with Crippen molar-refractivity contribution in [1.82, 2.24) is 9.55 Å². The minimum Gasteiger partial charge on any atom is -0.394 e. The summed E-state index contributed by atoms with van der Waals surface area (Å²) in [6, 6.07) is 0. The van der Waals surface area contributed by atoms with Crippen LogP contribution in [-0.2, 0) is 9.53 Å². The molecule has 0 spiro atoms. The third-order valence-corrected chi connectivity index (χ3v) is 2.99. The lowest BCUT2D eigenvalue weighted by atomic mass is 10.1. The molecule has 1 amide bonds. The van der Waals surface area contributed by atoms with Gasteiger partial charge < -0.3 is 25.4 Å². The Bertz CT molecular complexity index is 606. The number of aromatic nitrogens is 2. The zero-order valence-corrected chi connectivity index (χ0v) is 10.9. The zero-order chi connectivity index (χ0) is 15.7. The van der Waals surface area contributed by atoms with Crippen molar-refractivity contribution in [2.45, 2.75) is 31.5 Å². The summed E-state index contributed by atoms with van der Waals surface area (Å²) in [6.07, 6.45) is -4.76. The molecule has 1 saturated heterocycles. The molecule has 0 saturated carbocycles. The lowest BCUT2D eigenvalue weighted by Crippen LogP contribution is -2.36. The lowest BCUT2D eigenvalue weighted by molar-refractivity contribution is -0.114. The van der Waals surface area contributed by atoms with E-state index in [9.17, 15) is 24.2 Å². The number of anilines is 1. The number of carbonyl (C=O) groups is 1. The fourth-order valence-corrected chi connectivity index (χ4v) is 1.99. The summed E-state index contributed by atoms with van der Waals surface area (Å²) >= 11 is 0. The summed E-state index contributed by atoms with van der Waals surface area (Å²) in [6.45, 7) is 0.544. The van der Waals surface area contributed by atoms with Gasteiger partial charge in [0.05, 0.1) is 12.8 Å². The van der Waals surface area contributed by atoms with E-state index in [-0.39, 0.29) is 0 Å². The van der Waals surface area contributed by atoms with Crippen LogP contribution >= 0.6 is 0 Å². The molecular weight excluding hydrogens is 289 g/mol. The van der Waals surface area contributed by atoms with Crippen LogP contribution < -0.4 is 11.0 Å². The number of aliphatic hydroxyl groups excluding tert-OH is 3.